The second-order valence-electron chi connectivity index (χ2n) is 10.2. The van der Waals surface area contributed by atoms with Gasteiger partial charge in [-0.2, -0.15) is 0 Å². The van der Waals surface area contributed by atoms with E-state index in [1.165, 1.54) is 18.1 Å². The van der Waals surface area contributed by atoms with Gasteiger partial charge in [-0.15, -0.1) is 0 Å². The van der Waals surface area contributed by atoms with Gasteiger partial charge in [0.25, 0.3) is 0 Å². The van der Waals surface area contributed by atoms with Crippen molar-refractivity contribution in [1.29, 1.82) is 0 Å². The highest BCUT2D eigenvalue weighted by atomic mass is 16.5. The van der Waals surface area contributed by atoms with E-state index in [1.807, 2.05) is 6.07 Å². The summed E-state index contributed by atoms with van der Waals surface area (Å²) in [5, 5.41) is 3.11. The van der Waals surface area contributed by atoms with Crippen molar-refractivity contribution in [3.63, 3.8) is 0 Å². The summed E-state index contributed by atoms with van der Waals surface area (Å²) >= 11 is 0. The summed E-state index contributed by atoms with van der Waals surface area (Å²) in [5.41, 5.74) is 2.28. The van der Waals surface area contributed by atoms with Crippen molar-refractivity contribution in [3.8, 4) is 11.5 Å². The highest BCUT2D eigenvalue weighted by Gasteiger charge is 2.52. The lowest BCUT2D eigenvalue weighted by Crippen LogP contribution is -2.61. The van der Waals surface area contributed by atoms with E-state index in [2.05, 4.69) is 29.6 Å². The average molecular weight is 503 g/mol. The van der Waals surface area contributed by atoms with Gasteiger partial charge in [0.1, 0.15) is 22.8 Å². The number of ether oxygens (including phenoxy) is 2. The third-order valence-electron chi connectivity index (χ3n) is 8.15. The molecule has 0 spiro atoms. The molecule has 2 amide bonds. The maximum absolute atomic E-state index is 14.3. The molecule has 1 N–H and O–H groups in total. The topological polar surface area (TPSA) is 81.0 Å². The summed E-state index contributed by atoms with van der Waals surface area (Å²) < 4.78 is 16.5. The lowest BCUT2D eigenvalue weighted by molar-refractivity contribution is -0.150. The number of nitrogens with zero attached hydrogens (tertiary/aromatic N) is 1. The van der Waals surface area contributed by atoms with E-state index in [-0.39, 0.29) is 18.4 Å². The number of hydrogen-bond donors (Lipinski definition) is 1. The second-order valence-corrected chi connectivity index (χ2v) is 10.2. The highest BCUT2D eigenvalue weighted by Crippen LogP contribution is 2.47. The van der Waals surface area contributed by atoms with Crippen LogP contribution in [0.1, 0.15) is 43.1 Å². The molecule has 3 aromatic rings. The fourth-order valence-electron chi connectivity index (χ4n) is 6.23. The number of nitrogens with one attached hydrogen (secondary N) is 1. The average Bonchev–Trinajstić information content (AvgIpc) is 3.43. The van der Waals surface area contributed by atoms with Crippen LogP contribution in [0.3, 0.4) is 0 Å². The van der Waals surface area contributed by atoms with Crippen LogP contribution in [0, 0.1) is 11.8 Å². The van der Waals surface area contributed by atoms with Crippen LogP contribution in [-0.2, 0) is 29.0 Å². The summed E-state index contributed by atoms with van der Waals surface area (Å²) in [4.78, 5) is 29.2. The van der Waals surface area contributed by atoms with E-state index in [1.54, 1.807) is 49.6 Å². The molecule has 7 heteroatoms. The highest BCUT2D eigenvalue weighted by molar-refractivity contribution is 6.01. The zero-order valence-electron chi connectivity index (χ0n) is 21.7. The molecule has 5 rings (SSSR count). The van der Waals surface area contributed by atoms with E-state index in [0.29, 0.717) is 47.6 Å². The molecule has 2 aliphatic carbocycles. The molecule has 2 aromatic carbocycles. The van der Waals surface area contributed by atoms with Crippen LogP contribution >= 0.6 is 0 Å². The Morgan fingerprint density at radius 1 is 1.03 bits per heavy atom. The van der Waals surface area contributed by atoms with Crippen LogP contribution in [0.2, 0.25) is 0 Å². The monoisotopic (exact) mass is 502 g/mol. The first kappa shape index (κ1) is 24.9. The van der Waals surface area contributed by atoms with Gasteiger partial charge in [0, 0.05) is 13.0 Å². The van der Waals surface area contributed by atoms with Crippen LogP contribution in [0.25, 0.3) is 0 Å². The Kier molecular flexibility index (Phi) is 6.96. The lowest BCUT2D eigenvalue weighted by Gasteiger charge is -2.50. The van der Waals surface area contributed by atoms with Gasteiger partial charge >= 0.3 is 0 Å². The Bertz CT molecular complexity index is 1270. The summed E-state index contributed by atoms with van der Waals surface area (Å²) in [5.74, 6) is 2.23. The standard InChI is InChI=1S/C30H34N2O5/c1-20(33)32(19-26-9-6-14-37-26)30(29(34)31-27-11-10-25(35-2)17-28(27)36-3)13-12-23-15-21-7-4-5-8-22(21)16-24(23)18-30/h4-11,14,17,23-24H,12-13,15-16,18-19H2,1-3H3,(H,31,34)/t23-,24+,30-/m1/s1. The van der Waals surface area contributed by atoms with Gasteiger partial charge in [0.2, 0.25) is 11.8 Å². The number of furan rings is 1. The number of carbonyl (C=O) groups excluding carboxylic acids is 2. The lowest BCUT2D eigenvalue weighted by atomic mass is 9.62. The fraction of sp³-hybridized carbons (Fsp3) is 0.400. The number of benzene rings is 2. The number of carbonyl (C=O) groups is 2. The molecule has 37 heavy (non-hydrogen) atoms. The van der Waals surface area contributed by atoms with Crippen molar-refractivity contribution in [2.45, 2.75) is 51.1 Å². The zero-order chi connectivity index (χ0) is 26.0. The van der Waals surface area contributed by atoms with Gasteiger partial charge in [-0.05, 0) is 79.3 Å². The molecule has 3 atom stereocenters. The van der Waals surface area contributed by atoms with Crippen molar-refractivity contribution >= 4 is 17.5 Å². The van der Waals surface area contributed by atoms with Gasteiger partial charge in [-0.25, -0.2) is 0 Å². The molecule has 0 bridgehead atoms. The fourth-order valence-corrected chi connectivity index (χ4v) is 6.23. The molecule has 0 saturated heterocycles. The number of methoxy groups -OCH3 is 2. The minimum absolute atomic E-state index is 0.150. The van der Waals surface area contributed by atoms with Crippen molar-refractivity contribution in [3.05, 3.63) is 77.7 Å². The number of anilines is 1. The van der Waals surface area contributed by atoms with E-state index < -0.39 is 5.54 Å². The third-order valence-corrected chi connectivity index (χ3v) is 8.15. The maximum Gasteiger partial charge on any atom is 0.250 e. The van der Waals surface area contributed by atoms with Crippen LogP contribution in [0.15, 0.2) is 65.3 Å². The van der Waals surface area contributed by atoms with Crippen LogP contribution in [0.5, 0.6) is 11.5 Å². The largest absolute Gasteiger partial charge is 0.497 e. The predicted molar refractivity (Wildman–Crippen MR) is 141 cm³/mol. The molecule has 2 aliphatic rings. The first-order valence-corrected chi connectivity index (χ1v) is 12.8. The first-order chi connectivity index (χ1) is 17.9. The van der Waals surface area contributed by atoms with Crippen LogP contribution < -0.4 is 14.8 Å². The molecular weight excluding hydrogens is 468 g/mol. The molecule has 1 saturated carbocycles. The van der Waals surface area contributed by atoms with Crippen molar-refractivity contribution in [2.75, 3.05) is 19.5 Å². The van der Waals surface area contributed by atoms with Gasteiger partial charge in [0.05, 0.1) is 32.7 Å². The molecular formula is C30H34N2O5. The predicted octanol–water partition coefficient (Wildman–Crippen LogP) is 5.24. The van der Waals surface area contributed by atoms with Gasteiger partial charge < -0.3 is 24.1 Å². The van der Waals surface area contributed by atoms with E-state index in [9.17, 15) is 9.59 Å². The SMILES string of the molecule is COc1ccc(NC(=O)[C@@]2(N(Cc3ccco3)C(C)=O)CC[C@@H]3Cc4ccccc4C[C@H]3C2)c(OC)c1. The Morgan fingerprint density at radius 2 is 1.78 bits per heavy atom. The Hall–Kier alpha value is -3.74. The van der Waals surface area contributed by atoms with Gasteiger partial charge in [-0.1, -0.05) is 24.3 Å². The van der Waals surface area contributed by atoms with Crippen molar-refractivity contribution < 1.29 is 23.5 Å². The maximum atomic E-state index is 14.3. The molecule has 7 nitrogen and oxygen atoms in total. The van der Waals surface area contributed by atoms with Gasteiger partial charge in [-0.3, -0.25) is 9.59 Å². The molecule has 1 fully saturated rings. The molecule has 0 radical (unpaired) electrons. The van der Waals surface area contributed by atoms with E-state index >= 15 is 0 Å². The number of hydrogen-bond acceptors (Lipinski definition) is 5. The molecule has 194 valence electrons. The van der Waals surface area contributed by atoms with Crippen molar-refractivity contribution in [1.82, 2.24) is 4.90 Å². The Balaban J connectivity index is 1.51. The minimum Gasteiger partial charge on any atom is -0.497 e. The second kappa shape index (κ2) is 10.3. The number of fused-ring (bicyclic) bond motifs is 2. The van der Waals surface area contributed by atoms with E-state index in [4.69, 9.17) is 13.9 Å². The molecule has 0 unspecified atom stereocenters. The smallest absolute Gasteiger partial charge is 0.250 e. The first-order valence-electron chi connectivity index (χ1n) is 12.8. The summed E-state index contributed by atoms with van der Waals surface area (Å²) in [6, 6.07) is 17.5. The Morgan fingerprint density at radius 3 is 2.43 bits per heavy atom. The third kappa shape index (κ3) is 4.82. The Labute approximate surface area is 217 Å². The van der Waals surface area contributed by atoms with Gasteiger partial charge in [0.15, 0.2) is 0 Å². The van der Waals surface area contributed by atoms with Crippen LogP contribution in [0.4, 0.5) is 5.69 Å². The summed E-state index contributed by atoms with van der Waals surface area (Å²) in [6.07, 6.45) is 5.57. The van der Waals surface area contributed by atoms with Crippen LogP contribution in [-0.4, -0.2) is 36.5 Å². The summed E-state index contributed by atoms with van der Waals surface area (Å²) in [7, 11) is 3.14. The number of rotatable bonds is 7. The number of amides is 2. The quantitative estimate of drug-likeness (QED) is 0.478. The zero-order valence-corrected chi connectivity index (χ0v) is 21.7. The normalized spacial score (nSPS) is 22.4. The van der Waals surface area contributed by atoms with E-state index in [0.717, 1.165) is 19.3 Å². The van der Waals surface area contributed by atoms with Crippen molar-refractivity contribution in [2.24, 2.45) is 11.8 Å². The summed E-state index contributed by atoms with van der Waals surface area (Å²) in [6.45, 7) is 1.78. The minimum atomic E-state index is -1.02. The molecule has 0 aliphatic heterocycles. The molecule has 1 aromatic heterocycles. The molecule has 1 heterocycles.